The minimum Gasteiger partial charge on any atom is -0.396 e. The van der Waals surface area contributed by atoms with Crippen LogP contribution >= 0.6 is 0 Å². The summed E-state index contributed by atoms with van der Waals surface area (Å²) in [4.78, 5) is 0. The highest BCUT2D eigenvalue weighted by atomic mass is 16.3. The van der Waals surface area contributed by atoms with Crippen LogP contribution < -0.4 is 0 Å². The van der Waals surface area contributed by atoms with E-state index in [0.717, 1.165) is 6.42 Å². The van der Waals surface area contributed by atoms with Crippen LogP contribution in [-0.4, -0.2) is 11.7 Å². The summed E-state index contributed by atoms with van der Waals surface area (Å²) in [5.74, 6) is 0. The number of allylic oxidation sites excluding steroid dienone is 1. The molecule has 52 valence electrons. The molecule has 0 aromatic heterocycles. The molecule has 0 aromatic carbocycles. The van der Waals surface area contributed by atoms with Gasteiger partial charge in [-0.15, -0.1) is 6.58 Å². The second-order valence-corrected chi connectivity index (χ2v) is 3.29. The first-order valence-corrected chi connectivity index (χ1v) is 3.44. The first kappa shape index (κ1) is 6.81. The third-order valence-corrected chi connectivity index (χ3v) is 1.97. The molecule has 1 heteroatoms. The van der Waals surface area contributed by atoms with E-state index in [2.05, 4.69) is 6.58 Å². The predicted octanol–water partition coefficient (Wildman–Crippen LogP) is 1.73. The lowest BCUT2D eigenvalue weighted by atomic mass is 10.00. The average Bonchev–Trinajstić information content (AvgIpc) is 2.48. The summed E-state index contributed by atoms with van der Waals surface area (Å²) in [6.45, 7) is 6.19. The Morgan fingerprint density at radius 3 is 2.33 bits per heavy atom. The fraction of sp³-hybridized carbons (Fsp3) is 0.750. The first-order chi connectivity index (χ1) is 4.18. The van der Waals surface area contributed by atoms with E-state index in [1.54, 1.807) is 0 Å². The number of aliphatic hydroxyl groups is 1. The van der Waals surface area contributed by atoms with Gasteiger partial charge in [0.1, 0.15) is 0 Å². The quantitative estimate of drug-likeness (QED) is 0.571. The Kier molecular flexibility index (Phi) is 1.62. The summed E-state index contributed by atoms with van der Waals surface area (Å²) in [5.41, 5.74) is 1.47. The van der Waals surface area contributed by atoms with Crippen molar-refractivity contribution in [2.45, 2.75) is 26.2 Å². The zero-order valence-electron chi connectivity index (χ0n) is 5.98. The van der Waals surface area contributed by atoms with Gasteiger partial charge in [0.15, 0.2) is 0 Å². The zero-order valence-corrected chi connectivity index (χ0v) is 5.98. The smallest absolute Gasteiger partial charge is 0.0490 e. The molecule has 0 spiro atoms. The minimum atomic E-state index is 0.270. The number of rotatable bonds is 3. The SMILES string of the molecule is C=C(C)CC1(CO)CC1. The lowest BCUT2D eigenvalue weighted by molar-refractivity contribution is 0.211. The molecule has 1 saturated carbocycles. The summed E-state index contributed by atoms with van der Waals surface area (Å²) in [5, 5.41) is 8.86. The van der Waals surface area contributed by atoms with Gasteiger partial charge in [-0.1, -0.05) is 5.57 Å². The van der Waals surface area contributed by atoms with Gasteiger partial charge in [0.05, 0.1) is 0 Å². The van der Waals surface area contributed by atoms with E-state index in [4.69, 9.17) is 5.11 Å². The maximum atomic E-state index is 8.86. The molecule has 1 rings (SSSR count). The van der Waals surface area contributed by atoms with E-state index < -0.39 is 0 Å². The van der Waals surface area contributed by atoms with Gasteiger partial charge in [-0.05, 0) is 31.6 Å². The van der Waals surface area contributed by atoms with Gasteiger partial charge in [0.25, 0.3) is 0 Å². The molecule has 1 fully saturated rings. The largest absolute Gasteiger partial charge is 0.396 e. The second-order valence-electron chi connectivity index (χ2n) is 3.29. The maximum absolute atomic E-state index is 8.86. The van der Waals surface area contributed by atoms with Gasteiger partial charge < -0.3 is 5.11 Å². The molecule has 0 saturated heterocycles. The Bertz CT molecular complexity index is 123. The Labute approximate surface area is 56.4 Å². The molecular weight excluding hydrogens is 112 g/mol. The summed E-state index contributed by atoms with van der Waals surface area (Å²) in [7, 11) is 0. The van der Waals surface area contributed by atoms with E-state index in [9.17, 15) is 0 Å². The number of hydrogen-bond acceptors (Lipinski definition) is 1. The highest BCUT2D eigenvalue weighted by Gasteiger charge is 2.41. The zero-order chi connectivity index (χ0) is 6.91. The van der Waals surface area contributed by atoms with Crippen LogP contribution in [0.3, 0.4) is 0 Å². The highest BCUT2D eigenvalue weighted by molar-refractivity contribution is 5.03. The molecule has 0 heterocycles. The van der Waals surface area contributed by atoms with Gasteiger partial charge in [-0.2, -0.15) is 0 Å². The van der Waals surface area contributed by atoms with Crippen molar-refractivity contribution in [3.05, 3.63) is 12.2 Å². The molecule has 0 radical (unpaired) electrons. The van der Waals surface area contributed by atoms with Crippen LogP contribution in [0.5, 0.6) is 0 Å². The topological polar surface area (TPSA) is 20.2 Å². The van der Waals surface area contributed by atoms with Crippen LogP contribution in [-0.2, 0) is 0 Å². The third-order valence-electron chi connectivity index (χ3n) is 1.97. The third kappa shape index (κ3) is 1.55. The van der Waals surface area contributed by atoms with Gasteiger partial charge in [-0.25, -0.2) is 0 Å². The molecule has 1 N–H and O–H groups in total. The average molecular weight is 126 g/mol. The van der Waals surface area contributed by atoms with Crippen molar-refractivity contribution in [2.24, 2.45) is 5.41 Å². The van der Waals surface area contributed by atoms with Crippen molar-refractivity contribution in [2.75, 3.05) is 6.61 Å². The molecule has 0 aromatic rings. The fourth-order valence-corrected chi connectivity index (χ4v) is 1.21. The molecule has 0 bridgehead atoms. The molecule has 0 aliphatic heterocycles. The first-order valence-electron chi connectivity index (χ1n) is 3.44. The molecule has 9 heavy (non-hydrogen) atoms. The van der Waals surface area contributed by atoms with Crippen molar-refractivity contribution in [1.29, 1.82) is 0 Å². The molecule has 0 unspecified atom stereocenters. The van der Waals surface area contributed by atoms with Crippen molar-refractivity contribution >= 4 is 0 Å². The summed E-state index contributed by atoms with van der Waals surface area (Å²) in [6, 6.07) is 0. The molecule has 1 aliphatic rings. The lowest BCUT2D eigenvalue weighted by Gasteiger charge is -2.09. The predicted molar refractivity (Wildman–Crippen MR) is 38.2 cm³/mol. The lowest BCUT2D eigenvalue weighted by Crippen LogP contribution is -2.05. The molecular formula is C8H14O. The van der Waals surface area contributed by atoms with Crippen LogP contribution in [0.2, 0.25) is 0 Å². The summed E-state index contributed by atoms with van der Waals surface area (Å²) in [6.07, 6.45) is 3.40. The van der Waals surface area contributed by atoms with E-state index in [1.165, 1.54) is 18.4 Å². The molecule has 1 nitrogen and oxygen atoms in total. The summed E-state index contributed by atoms with van der Waals surface area (Å²) < 4.78 is 0. The Morgan fingerprint density at radius 1 is 1.67 bits per heavy atom. The fourth-order valence-electron chi connectivity index (χ4n) is 1.21. The summed E-state index contributed by atoms with van der Waals surface area (Å²) >= 11 is 0. The van der Waals surface area contributed by atoms with Crippen LogP contribution in [0, 0.1) is 5.41 Å². The van der Waals surface area contributed by atoms with E-state index in [-0.39, 0.29) is 5.41 Å². The van der Waals surface area contributed by atoms with Crippen LogP contribution in [0.25, 0.3) is 0 Å². The minimum absolute atomic E-state index is 0.270. The van der Waals surface area contributed by atoms with E-state index in [0.29, 0.717) is 6.61 Å². The standard InChI is InChI=1S/C8H14O/c1-7(2)5-8(6-9)3-4-8/h9H,1,3-6H2,2H3. The highest BCUT2D eigenvalue weighted by Crippen LogP contribution is 2.49. The maximum Gasteiger partial charge on any atom is 0.0490 e. The van der Waals surface area contributed by atoms with Crippen molar-refractivity contribution in [3.63, 3.8) is 0 Å². The van der Waals surface area contributed by atoms with Crippen molar-refractivity contribution in [3.8, 4) is 0 Å². The molecule has 0 amide bonds. The van der Waals surface area contributed by atoms with E-state index in [1.807, 2.05) is 6.92 Å². The normalized spacial score (nSPS) is 21.6. The molecule has 1 aliphatic carbocycles. The van der Waals surface area contributed by atoms with Gasteiger partial charge in [-0.3, -0.25) is 0 Å². The Balaban J connectivity index is 2.33. The number of aliphatic hydroxyl groups excluding tert-OH is 1. The van der Waals surface area contributed by atoms with Crippen molar-refractivity contribution < 1.29 is 5.11 Å². The van der Waals surface area contributed by atoms with Gasteiger partial charge >= 0.3 is 0 Å². The van der Waals surface area contributed by atoms with Crippen LogP contribution in [0.1, 0.15) is 26.2 Å². The number of hydrogen-bond donors (Lipinski definition) is 1. The monoisotopic (exact) mass is 126 g/mol. The van der Waals surface area contributed by atoms with Crippen molar-refractivity contribution in [1.82, 2.24) is 0 Å². The van der Waals surface area contributed by atoms with E-state index >= 15 is 0 Å². The van der Waals surface area contributed by atoms with Gasteiger partial charge in [0.2, 0.25) is 0 Å². The van der Waals surface area contributed by atoms with Crippen LogP contribution in [0.4, 0.5) is 0 Å². The molecule has 0 atom stereocenters. The van der Waals surface area contributed by atoms with Crippen LogP contribution in [0.15, 0.2) is 12.2 Å². The Morgan fingerprint density at radius 2 is 2.22 bits per heavy atom. The van der Waals surface area contributed by atoms with Gasteiger partial charge in [0, 0.05) is 6.61 Å². The second kappa shape index (κ2) is 2.14. The Hall–Kier alpha value is -0.300.